The van der Waals surface area contributed by atoms with Crippen molar-refractivity contribution in [3.05, 3.63) is 0 Å². The van der Waals surface area contributed by atoms with E-state index in [4.69, 9.17) is 0 Å². The average Bonchev–Trinajstić information content (AvgIpc) is 1.65. The number of hydrogen-bond acceptors (Lipinski definition) is 1. The predicted molar refractivity (Wildman–Crippen MR) is 33.4 cm³/mol. The molecule has 0 aliphatic heterocycles. The standard InChI is InChI=1S/C6H15N/c1-5-6(2)7(3)4/h6H,5H2,1-4H3. The summed E-state index contributed by atoms with van der Waals surface area (Å²) < 4.78 is 0. The minimum atomic E-state index is 0.736. The average molecular weight is 101 g/mol. The topological polar surface area (TPSA) is 3.24 Å². The molecule has 0 aromatic heterocycles. The maximum atomic E-state index is 2.22. The Balaban J connectivity index is 3.14. The van der Waals surface area contributed by atoms with Crippen LogP contribution in [0.2, 0.25) is 0 Å². The van der Waals surface area contributed by atoms with Gasteiger partial charge in [-0.1, -0.05) is 6.92 Å². The summed E-state index contributed by atoms with van der Waals surface area (Å²) in [4.78, 5) is 2.22. The molecular formula is C6H15N. The zero-order chi connectivity index (χ0) is 5.86. The highest BCUT2D eigenvalue weighted by molar-refractivity contribution is 4.53. The second kappa shape index (κ2) is 3.03. The molecule has 1 nitrogen and oxygen atoms in total. The quantitative estimate of drug-likeness (QED) is 0.507. The first-order valence-corrected chi connectivity index (χ1v) is 2.85. The molecule has 0 aliphatic carbocycles. The van der Waals surface area contributed by atoms with Crippen LogP contribution in [0, 0.1) is 0 Å². The van der Waals surface area contributed by atoms with Gasteiger partial charge in [0.2, 0.25) is 0 Å². The molecule has 0 aromatic carbocycles. The van der Waals surface area contributed by atoms with Crippen molar-refractivity contribution < 1.29 is 0 Å². The van der Waals surface area contributed by atoms with Gasteiger partial charge in [-0.2, -0.15) is 0 Å². The highest BCUT2D eigenvalue weighted by atomic mass is 15.1. The number of nitrogens with zero attached hydrogens (tertiary/aromatic N) is 1. The van der Waals surface area contributed by atoms with E-state index in [1.807, 2.05) is 0 Å². The van der Waals surface area contributed by atoms with Crippen molar-refractivity contribution in [1.82, 2.24) is 4.90 Å². The summed E-state index contributed by atoms with van der Waals surface area (Å²) in [5.41, 5.74) is 0. The van der Waals surface area contributed by atoms with E-state index >= 15 is 0 Å². The molecule has 0 aliphatic rings. The van der Waals surface area contributed by atoms with Crippen molar-refractivity contribution in [3.8, 4) is 0 Å². The van der Waals surface area contributed by atoms with E-state index in [1.165, 1.54) is 6.42 Å². The molecule has 0 saturated heterocycles. The monoisotopic (exact) mass is 101 g/mol. The second-order valence-electron chi connectivity index (χ2n) is 2.22. The van der Waals surface area contributed by atoms with E-state index in [0.29, 0.717) is 0 Å². The van der Waals surface area contributed by atoms with Gasteiger partial charge in [0.15, 0.2) is 0 Å². The number of hydrogen-bond donors (Lipinski definition) is 0. The zero-order valence-corrected chi connectivity index (χ0v) is 5.73. The lowest BCUT2D eigenvalue weighted by Crippen LogP contribution is -2.23. The molecule has 0 fully saturated rings. The van der Waals surface area contributed by atoms with Gasteiger partial charge in [-0.3, -0.25) is 0 Å². The molecule has 0 radical (unpaired) electrons. The van der Waals surface area contributed by atoms with Crippen LogP contribution in [0.4, 0.5) is 0 Å². The molecule has 0 aromatic rings. The third-order valence-corrected chi connectivity index (χ3v) is 1.47. The Bertz CT molecular complexity index is 41.4. The third-order valence-electron chi connectivity index (χ3n) is 1.47. The number of rotatable bonds is 2. The van der Waals surface area contributed by atoms with Crippen LogP contribution in [0.3, 0.4) is 0 Å². The first-order valence-electron chi connectivity index (χ1n) is 2.85. The minimum Gasteiger partial charge on any atom is -0.307 e. The lowest BCUT2D eigenvalue weighted by Gasteiger charge is -2.16. The van der Waals surface area contributed by atoms with Gasteiger partial charge in [0.25, 0.3) is 0 Å². The summed E-state index contributed by atoms with van der Waals surface area (Å²) in [6, 6.07) is 0.736. The van der Waals surface area contributed by atoms with Gasteiger partial charge < -0.3 is 4.90 Å². The Kier molecular flexibility index (Phi) is 3.01. The van der Waals surface area contributed by atoms with Crippen LogP contribution in [-0.4, -0.2) is 25.0 Å². The normalized spacial score (nSPS) is 15.0. The summed E-state index contributed by atoms with van der Waals surface area (Å²) >= 11 is 0. The molecule has 0 amide bonds. The van der Waals surface area contributed by atoms with E-state index in [-0.39, 0.29) is 0 Å². The van der Waals surface area contributed by atoms with Crippen molar-refractivity contribution in [2.24, 2.45) is 0 Å². The Morgan fingerprint density at radius 3 is 1.86 bits per heavy atom. The predicted octanol–water partition coefficient (Wildman–Crippen LogP) is 1.35. The van der Waals surface area contributed by atoms with Crippen LogP contribution >= 0.6 is 0 Å². The molecule has 44 valence electrons. The summed E-state index contributed by atoms with van der Waals surface area (Å²) in [5.74, 6) is 0. The lowest BCUT2D eigenvalue weighted by molar-refractivity contribution is 0.307. The summed E-state index contributed by atoms with van der Waals surface area (Å²) in [7, 11) is 4.21. The second-order valence-corrected chi connectivity index (χ2v) is 2.22. The first-order chi connectivity index (χ1) is 3.18. The Labute approximate surface area is 46.3 Å². The van der Waals surface area contributed by atoms with Gasteiger partial charge >= 0.3 is 0 Å². The van der Waals surface area contributed by atoms with Gasteiger partial charge in [-0.05, 0) is 27.4 Å². The van der Waals surface area contributed by atoms with Crippen LogP contribution in [0.1, 0.15) is 20.3 Å². The van der Waals surface area contributed by atoms with Crippen molar-refractivity contribution in [1.29, 1.82) is 0 Å². The maximum absolute atomic E-state index is 2.22. The van der Waals surface area contributed by atoms with Crippen molar-refractivity contribution in [3.63, 3.8) is 0 Å². The fraction of sp³-hybridized carbons (Fsp3) is 1.00. The molecule has 1 unspecified atom stereocenters. The molecule has 1 atom stereocenters. The minimum absolute atomic E-state index is 0.736. The Hall–Kier alpha value is -0.0400. The molecular weight excluding hydrogens is 86.1 g/mol. The van der Waals surface area contributed by atoms with Crippen LogP contribution in [-0.2, 0) is 0 Å². The molecule has 0 rings (SSSR count). The zero-order valence-electron chi connectivity index (χ0n) is 5.73. The molecule has 0 spiro atoms. The fourth-order valence-electron chi connectivity index (χ4n) is 0.365. The van der Waals surface area contributed by atoms with E-state index in [9.17, 15) is 0 Å². The fourth-order valence-corrected chi connectivity index (χ4v) is 0.365. The Morgan fingerprint density at radius 1 is 1.43 bits per heavy atom. The Morgan fingerprint density at radius 2 is 1.86 bits per heavy atom. The molecule has 7 heavy (non-hydrogen) atoms. The van der Waals surface area contributed by atoms with Gasteiger partial charge in [-0.25, -0.2) is 0 Å². The smallest absolute Gasteiger partial charge is 0.00582 e. The molecule has 0 heterocycles. The van der Waals surface area contributed by atoms with Gasteiger partial charge in [0.1, 0.15) is 0 Å². The maximum Gasteiger partial charge on any atom is 0.00582 e. The van der Waals surface area contributed by atoms with E-state index in [2.05, 4.69) is 32.8 Å². The molecule has 1 heteroatoms. The molecule has 0 bridgehead atoms. The highest BCUT2D eigenvalue weighted by Gasteiger charge is 1.96. The summed E-state index contributed by atoms with van der Waals surface area (Å²) in [5, 5.41) is 0. The summed E-state index contributed by atoms with van der Waals surface area (Å²) in [6.45, 7) is 4.42. The van der Waals surface area contributed by atoms with Gasteiger partial charge in [-0.15, -0.1) is 0 Å². The van der Waals surface area contributed by atoms with Crippen molar-refractivity contribution in [2.45, 2.75) is 26.3 Å². The largest absolute Gasteiger partial charge is 0.307 e. The van der Waals surface area contributed by atoms with E-state index < -0.39 is 0 Å². The molecule has 0 saturated carbocycles. The first kappa shape index (κ1) is 6.96. The van der Waals surface area contributed by atoms with E-state index in [1.54, 1.807) is 0 Å². The van der Waals surface area contributed by atoms with Crippen LogP contribution < -0.4 is 0 Å². The lowest BCUT2D eigenvalue weighted by atomic mass is 10.2. The van der Waals surface area contributed by atoms with Crippen molar-refractivity contribution in [2.75, 3.05) is 14.1 Å². The van der Waals surface area contributed by atoms with Gasteiger partial charge in [0.05, 0.1) is 0 Å². The SMILES string of the molecule is CCC(C)N(C)C. The summed E-state index contributed by atoms with van der Waals surface area (Å²) in [6.07, 6.45) is 1.24. The van der Waals surface area contributed by atoms with Crippen LogP contribution in [0.5, 0.6) is 0 Å². The third kappa shape index (κ3) is 2.63. The van der Waals surface area contributed by atoms with Gasteiger partial charge in [0, 0.05) is 6.04 Å². The van der Waals surface area contributed by atoms with E-state index in [0.717, 1.165) is 6.04 Å². The van der Waals surface area contributed by atoms with Crippen molar-refractivity contribution >= 4 is 0 Å². The molecule has 0 N–H and O–H groups in total. The van der Waals surface area contributed by atoms with Crippen LogP contribution in [0.15, 0.2) is 0 Å². The van der Waals surface area contributed by atoms with Crippen LogP contribution in [0.25, 0.3) is 0 Å². The highest BCUT2D eigenvalue weighted by Crippen LogP contribution is 1.93.